The number of carbonyl (C=O) groups excluding carboxylic acids is 2. The molecule has 5 heteroatoms. The normalized spacial score (nSPS) is 18.7. The van der Waals surface area contributed by atoms with Gasteiger partial charge in [0.25, 0.3) is 5.91 Å². The van der Waals surface area contributed by atoms with Gasteiger partial charge in [-0.2, -0.15) is 0 Å². The number of nitrogens with two attached hydrogens (primary N) is 1. The summed E-state index contributed by atoms with van der Waals surface area (Å²) in [5, 5.41) is 0. The van der Waals surface area contributed by atoms with Crippen molar-refractivity contribution in [2.24, 2.45) is 5.92 Å². The van der Waals surface area contributed by atoms with Gasteiger partial charge >= 0.3 is 0 Å². The fourth-order valence-corrected chi connectivity index (χ4v) is 2.82. The highest BCUT2D eigenvalue weighted by Crippen LogP contribution is 2.31. The first-order chi connectivity index (χ1) is 10.1. The fraction of sp³-hybridized carbons (Fsp3) is 0.500. The molecule has 0 radical (unpaired) electrons. The first kappa shape index (κ1) is 13.9. The van der Waals surface area contributed by atoms with Crippen LogP contribution >= 0.6 is 0 Å². The Morgan fingerprint density at radius 2 is 1.71 bits per heavy atom. The van der Waals surface area contributed by atoms with E-state index in [9.17, 15) is 9.59 Å². The topological polar surface area (TPSA) is 66.6 Å². The highest BCUT2D eigenvalue weighted by atomic mass is 16.2. The fourth-order valence-electron chi connectivity index (χ4n) is 2.82. The largest absolute Gasteiger partial charge is 0.399 e. The first-order valence-electron chi connectivity index (χ1n) is 7.50. The number of anilines is 1. The third-order valence-corrected chi connectivity index (χ3v) is 4.29. The van der Waals surface area contributed by atoms with Crippen LogP contribution in [0.1, 0.15) is 28.8 Å². The second kappa shape index (κ2) is 5.39. The van der Waals surface area contributed by atoms with Crippen LogP contribution in [0.3, 0.4) is 0 Å². The Hall–Kier alpha value is -2.04. The van der Waals surface area contributed by atoms with E-state index in [4.69, 9.17) is 5.73 Å². The standard InChI is InChI=1S/C16H21N3O2/c1-11-10-13(17)4-5-14(11)16(21)19-8-6-18(7-9-19)15(20)12-2-3-12/h4-5,10,12H,2-3,6-9,17H2,1H3. The van der Waals surface area contributed by atoms with E-state index < -0.39 is 0 Å². The van der Waals surface area contributed by atoms with E-state index in [0.29, 0.717) is 37.4 Å². The molecule has 2 N–H and O–H groups in total. The van der Waals surface area contributed by atoms with Gasteiger partial charge in [0.1, 0.15) is 0 Å². The molecule has 5 nitrogen and oxygen atoms in total. The van der Waals surface area contributed by atoms with Crippen LogP contribution in [0.25, 0.3) is 0 Å². The Bertz CT molecular complexity index is 573. The predicted molar refractivity (Wildman–Crippen MR) is 80.8 cm³/mol. The minimum atomic E-state index is 0.0334. The van der Waals surface area contributed by atoms with E-state index in [2.05, 4.69) is 0 Å². The summed E-state index contributed by atoms with van der Waals surface area (Å²) in [6, 6.07) is 5.36. The number of hydrogen-bond donors (Lipinski definition) is 1. The molecule has 1 aliphatic carbocycles. The smallest absolute Gasteiger partial charge is 0.254 e. The van der Waals surface area contributed by atoms with Crippen molar-refractivity contribution in [3.05, 3.63) is 29.3 Å². The van der Waals surface area contributed by atoms with Crippen LogP contribution in [-0.4, -0.2) is 47.8 Å². The molecule has 1 saturated heterocycles. The van der Waals surface area contributed by atoms with Crippen molar-refractivity contribution >= 4 is 17.5 Å². The van der Waals surface area contributed by atoms with Crippen molar-refractivity contribution in [1.29, 1.82) is 0 Å². The zero-order valence-corrected chi connectivity index (χ0v) is 12.3. The van der Waals surface area contributed by atoms with Gasteiger partial charge in [0.05, 0.1) is 0 Å². The van der Waals surface area contributed by atoms with Gasteiger partial charge in [0.2, 0.25) is 5.91 Å². The highest BCUT2D eigenvalue weighted by Gasteiger charge is 2.35. The molecule has 2 amide bonds. The van der Waals surface area contributed by atoms with Gasteiger partial charge in [0, 0.05) is 43.3 Å². The number of nitrogen functional groups attached to an aromatic ring is 1. The lowest BCUT2D eigenvalue weighted by Crippen LogP contribution is -2.51. The summed E-state index contributed by atoms with van der Waals surface area (Å²) >= 11 is 0. The van der Waals surface area contributed by atoms with E-state index in [1.54, 1.807) is 12.1 Å². The predicted octanol–water partition coefficient (Wildman–Crippen LogP) is 1.27. The van der Waals surface area contributed by atoms with E-state index in [0.717, 1.165) is 18.4 Å². The zero-order chi connectivity index (χ0) is 15.0. The SMILES string of the molecule is Cc1cc(N)ccc1C(=O)N1CCN(C(=O)C2CC2)CC1. The number of nitrogens with zero attached hydrogens (tertiary/aromatic N) is 2. The molecule has 2 aliphatic rings. The van der Waals surface area contributed by atoms with Gasteiger partial charge in [-0.3, -0.25) is 9.59 Å². The summed E-state index contributed by atoms with van der Waals surface area (Å²) in [6.45, 7) is 4.42. The van der Waals surface area contributed by atoms with Crippen LogP contribution in [0, 0.1) is 12.8 Å². The zero-order valence-electron chi connectivity index (χ0n) is 12.3. The summed E-state index contributed by atoms with van der Waals surface area (Å²) in [5.74, 6) is 0.559. The number of benzene rings is 1. The van der Waals surface area contributed by atoms with Gasteiger partial charge in [-0.25, -0.2) is 0 Å². The van der Waals surface area contributed by atoms with Crippen LogP contribution in [0.5, 0.6) is 0 Å². The van der Waals surface area contributed by atoms with Gasteiger partial charge in [-0.05, 0) is 43.5 Å². The van der Waals surface area contributed by atoms with E-state index in [-0.39, 0.29) is 17.7 Å². The Balaban J connectivity index is 1.63. The average Bonchev–Trinajstić information content (AvgIpc) is 3.31. The molecule has 112 valence electrons. The Labute approximate surface area is 124 Å². The molecule has 0 spiro atoms. The minimum absolute atomic E-state index is 0.0334. The molecule has 0 bridgehead atoms. The van der Waals surface area contributed by atoms with Crippen molar-refractivity contribution in [1.82, 2.24) is 9.80 Å². The van der Waals surface area contributed by atoms with Crippen molar-refractivity contribution in [3.63, 3.8) is 0 Å². The Morgan fingerprint density at radius 3 is 2.29 bits per heavy atom. The van der Waals surface area contributed by atoms with Crippen molar-refractivity contribution < 1.29 is 9.59 Å². The van der Waals surface area contributed by atoms with Crippen LogP contribution in [0.4, 0.5) is 5.69 Å². The summed E-state index contributed by atoms with van der Waals surface area (Å²) in [7, 11) is 0. The van der Waals surface area contributed by atoms with Gasteiger partial charge < -0.3 is 15.5 Å². The second-order valence-corrected chi connectivity index (χ2v) is 5.97. The van der Waals surface area contributed by atoms with Crippen molar-refractivity contribution in [2.75, 3.05) is 31.9 Å². The third kappa shape index (κ3) is 2.86. The molecule has 1 aliphatic heterocycles. The molecule has 21 heavy (non-hydrogen) atoms. The monoisotopic (exact) mass is 287 g/mol. The summed E-state index contributed by atoms with van der Waals surface area (Å²) in [6.07, 6.45) is 2.06. The third-order valence-electron chi connectivity index (χ3n) is 4.29. The summed E-state index contributed by atoms with van der Waals surface area (Å²) in [5.41, 5.74) is 7.99. The maximum atomic E-state index is 12.5. The van der Waals surface area contributed by atoms with E-state index in [1.165, 1.54) is 0 Å². The number of rotatable bonds is 2. The molecule has 2 fully saturated rings. The Morgan fingerprint density at radius 1 is 1.10 bits per heavy atom. The lowest BCUT2D eigenvalue weighted by molar-refractivity contribution is -0.134. The minimum Gasteiger partial charge on any atom is -0.399 e. The molecule has 1 heterocycles. The van der Waals surface area contributed by atoms with Gasteiger partial charge in [-0.15, -0.1) is 0 Å². The Kier molecular flexibility index (Phi) is 3.57. The van der Waals surface area contributed by atoms with Gasteiger partial charge in [-0.1, -0.05) is 0 Å². The molecular formula is C16H21N3O2. The molecule has 0 atom stereocenters. The summed E-state index contributed by atoms with van der Waals surface area (Å²) in [4.78, 5) is 28.3. The second-order valence-electron chi connectivity index (χ2n) is 5.97. The number of aryl methyl sites for hydroxylation is 1. The van der Waals surface area contributed by atoms with Crippen molar-refractivity contribution in [3.8, 4) is 0 Å². The maximum Gasteiger partial charge on any atom is 0.254 e. The quantitative estimate of drug-likeness (QED) is 0.833. The molecule has 0 aromatic heterocycles. The molecule has 1 saturated carbocycles. The van der Waals surface area contributed by atoms with Crippen molar-refractivity contribution in [2.45, 2.75) is 19.8 Å². The number of piperazine rings is 1. The van der Waals surface area contributed by atoms with Crippen LogP contribution < -0.4 is 5.73 Å². The number of carbonyl (C=O) groups is 2. The van der Waals surface area contributed by atoms with Gasteiger partial charge in [0.15, 0.2) is 0 Å². The van der Waals surface area contributed by atoms with Crippen LogP contribution in [0.2, 0.25) is 0 Å². The lowest BCUT2D eigenvalue weighted by atomic mass is 10.1. The molecule has 0 unspecified atom stereocenters. The highest BCUT2D eigenvalue weighted by molar-refractivity contribution is 5.96. The van der Waals surface area contributed by atoms with Crippen LogP contribution in [-0.2, 0) is 4.79 Å². The van der Waals surface area contributed by atoms with Crippen LogP contribution in [0.15, 0.2) is 18.2 Å². The van der Waals surface area contributed by atoms with E-state index in [1.807, 2.05) is 22.8 Å². The molecule has 3 rings (SSSR count). The molecule has 1 aromatic rings. The summed E-state index contributed by atoms with van der Waals surface area (Å²) < 4.78 is 0. The molecular weight excluding hydrogens is 266 g/mol. The molecule has 1 aromatic carbocycles. The lowest BCUT2D eigenvalue weighted by Gasteiger charge is -2.35. The first-order valence-corrected chi connectivity index (χ1v) is 7.50. The van der Waals surface area contributed by atoms with E-state index >= 15 is 0 Å². The number of amides is 2. The average molecular weight is 287 g/mol. The number of hydrogen-bond acceptors (Lipinski definition) is 3. The maximum absolute atomic E-state index is 12.5.